The first-order valence-electron chi connectivity index (χ1n) is 9.93. The Morgan fingerprint density at radius 2 is 1.94 bits per heavy atom. The van der Waals surface area contributed by atoms with Crippen molar-refractivity contribution in [2.45, 2.75) is 6.92 Å². The van der Waals surface area contributed by atoms with Crippen molar-refractivity contribution in [2.24, 2.45) is 4.99 Å². The van der Waals surface area contributed by atoms with Gasteiger partial charge < -0.3 is 4.42 Å². The zero-order valence-corrected chi connectivity index (χ0v) is 18.1. The average Bonchev–Trinajstić information content (AvgIpc) is 3.44. The second-order valence-corrected chi connectivity index (χ2v) is 8.22. The number of fused-ring (bicyclic) bond motifs is 1. The van der Waals surface area contributed by atoms with Crippen molar-refractivity contribution in [3.8, 4) is 11.3 Å². The SMILES string of the molecule is Cc1ccc([N+](=O)[O-])cc1-c1ccc(/C=C2/C(=N)N3C(c4ccccc4)=CSC3=NC2=O)o1. The molecule has 0 radical (unpaired) electrons. The highest BCUT2D eigenvalue weighted by molar-refractivity contribution is 8.17. The molecule has 0 spiro atoms. The van der Waals surface area contributed by atoms with Gasteiger partial charge in [-0.2, -0.15) is 4.99 Å². The van der Waals surface area contributed by atoms with E-state index in [9.17, 15) is 14.9 Å². The lowest BCUT2D eigenvalue weighted by Crippen LogP contribution is -2.37. The highest BCUT2D eigenvalue weighted by Gasteiger charge is 2.36. The molecular formula is C24H16N4O4S. The van der Waals surface area contributed by atoms with Gasteiger partial charge in [0.1, 0.15) is 17.4 Å². The molecule has 3 aromatic rings. The van der Waals surface area contributed by atoms with Crippen LogP contribution in [0.15, 0.2) is 81.1 Å². The van der Waals surface area contributed by atoms with E-state index in [-0.39, 0.29) is 17.1 Å². The minimum Gasteiger partial charge on any atom is -0.457 e. The third-order valence-corrected chi connectivity index (χ3v) is 6.12. The van der Waals surface area contributed by atoms with Crippen molar-refractivity contribution in [2.75, 3.05) is 0 Å². The second-order valence-electron chi connectivity index (χ2n) is 7.39. The quantitative estimate of drug-likeness (QED) is 0.317. The van der Waals surface area contributed by atoms with Crippen molar-refractivity contribution < 1.29 is 14.1 Å². The lowest BCUT2D eigenvalue weighted by molar-refractivity contribution is -0.384. The van der Waals surface area contributed by atoms with E-state index in [2.05, 4.69) is 4.99 Å². The number of nitro benzene ring substituents is 1. The molecule has 0 atom stereocenters. The monoisotopic (exact) mass is 456 g/mol. The summed E-state index contributed by atoms with van der Waals surface area (Å²) < 4.78 is 5.87. The van der Waals surface area contributed by atoms with E-state index in [4.69, 9.17) is 9.83 Å². The molecule has 2 aliphatic rings. The van der Waals surface area contributed by atoms with Crippen LogP contribution in [0.25, 0.3) is 23.1 Å². The molecule has 2 aliphatic heterocycles. The van der Waals surface area contributed by atoms with Crippen LogP contribution in [0.4, 0.5) is 5.69 Å². The van der Waals surface area contributed by atoms with Crippen molar-refractivity contribution in [3.63, 3.8) is 0 Å². The fraction of sp³-hybridized carbons (Fsp3) is 0.0417. The number of thioether (sulfide) groups is 1. The average molecular weight is 456 g/mol. The van der Waals surface area contributed by atoms with Gasteiger partial charge in [0, 0.05) is 23.1 Å². The van der Waals surface area contributed by atoms with E-state index in [1.807, 2.05) is 42.7 Å². The van der Waals surface area contributed by atoms with Crippen molar-refractivity contribution in [3.05, 3.63) is 98.6 Å². The van der Waals surface area contributed by atoms with Crippen LogP contribution in [0.5, 0.6) is 0 Å². The van der Waals surface area contributed by atoms with Crippen molar-refractivity contribution in [1.29, 1.82) is 5.41 Å². The zero-order valence-electron chi connectivity index (χ0n) is 17.3. The number of nitro groups is 1. The normalized spacial score (nSPS) is 16.6. The van der Waals surface area contributed by atoms with Gasteiger partial charge in [-0.25, -0.2) is 0 Å². The third-order valence-electron chi connectivity index (χ3n) is 5.29. The Hall–Kier alpha value is -4.24. The Balaban J connectivity index is 1.49. The van der Waals surface area contributed by atoms with Gasteiger partial charge in [0.25, 0.3) is 11.6 Å². The van der Waals surface area contributed by atoms with Gasteiger partial charge >= 0.3 is 0 Å². The lowest BCUT2D eigenvalue weighted by Gasteiger charge is -2.26. The maximum Gasteiger partial charge on any atom is 0.283 e. The van der Waals surface area contributed by atoms with Crippen LogP contribution >= 0.6 is 11.8 Å². The van der Waals surface area contributed by atoms with Crippen LogP contribution in [0.1, 0.15) is 16.9 Å². The molecular weight excluding hydrogens is 440 g/mol. The van der Waals surface area contributed by atoms with Crippen LogP contribution < -0.4 is 0 Å². The number of non-ortho nitro benzene ring substituents is 1. The molecule has 1 aromatic heterocycles. The minimum atomic E-state index is -0.522. The minimum absolute atomic E-state index is 0.00887. The molecule has 0 saturated carbocycles. The molecule has 0 unspecified atom stereocenters. The number of aliphatic imine (C=N–C) groups is 1. The maximum atomic E-state index is 12.7. The lowest BCUT2D eigenvalue weighted by atomic mass is 10.1. The predicted octanol–water partition coefficient (Wildman–Crippen LogP) is 5.47. The van der Waals surface area contributed by atoms with Crippen LogP contribution in [0, 0.1) is 22.4 Å². The molecule has 5 rings (SSSR count). The van der Waals surface area contributed by atoms with Crippen LogP contribution in [0.3, 0.4) is 0 Å². The summed E-state index contributed by atoms with van der Waals surface area (Å²) in [5, 5.41) is 22.1. The largest absolute Gasteiger partial charge is 0.457 e. The standard InChI is InChI=1S/C24H16N4O4S/c1-14-7-8-16(28(30)31)11-18(14)21-10-9-17(32-21)12-19-22(25)27-20(15-5-3-2-4-6-15)13-33-24(27)26-23(19)29/h2-13,25H,1H3/b19-12-,25-22?. The van der Waals surface area contributed by atoms with E-state index >= 15 is 0 Å². The van der Waals surface area contributed by atoms with Gasteiger partial charge in [-0.1, -0.05) is 48.2 Å². The molecule has 9 heteroatoms. The molecule has 0 aliphatic carbocycles. The number of nitrogens with one attached hydrogen (secondary N) is 1. The third kappa shape index (κ3) is 3.68. The Morgan fingerprint density at radius 3 is 2.70 bits per heavy atom. The van der Waals surface area contributed by atoms with E-state index in [0.29, 0.717) is 22.3 Å². The van der Waals surface area contributed by atoms with Gasteiger partial charge in [-0.3, -0.25) is 25.2 Å². The van der Waals surface area contributed by atoms with E-state index in [0.717, 1.165) is 16.8 Å². The van der Waals surface area contributed by atoms with Gasteiger partial charge in [-0.15, -0.1) is 0 Å². The van der Waals surface area contributed by atoms with Gasteiger partial charge in [0.2, 0.25) is 0 Å². The Morgan fingerprint density at radius 1 is 1.15 bits per heavy atom. The molecule has 1 amide bonds. The fourth-order valence-electron chi connectivity index (χ4n) is 3.62. The number of furan rings is 1. The fourth-order valence-corrected chi connectivity index (χ4v) is 4.51. The number of hydrogen-bond donors (Lipinski definition) is 1. The second kappa shape index (κ2) is 8.03. The summed E-state index contributed by atoms with van der Waals surface area (Å²) in [5.41, 5.74) is 3.15. The Labute approximate surface area is 192 Å². The van der Waals surface area contributed by atoms with Gasteiger partial charge in [0.05, 0.1) is 16.2 Å². The smallest absolute Gasteiger partial charge is 0.283 e. The molecule has 8 nitrogen and oxygen atoms in total. The number of amides is 1. The summed E-state index contributed by atoms with van der Waals surface area (Å²) in [6, 6.07) is 17.5. The molecule has 1 N–H and O–H groups in total. The van der Waals surface area contributed by atoms with Crippen LogP contribution in [-0.2, 0) is 4.79 Å². The number of aryl methyl sites for hydroxylation is 1. The van der Waals surface area contributed by atoms with Crippen molar-refractivity contribution in [1.82, 2.24) is 4.90 Å². The topological polar surface area (TPSA) is 113 Å². The summed E-state index contributed by atoms with van der Waals surface area (Å²) in [5.74, 6) is 0.267. The maximum absolute atomic E-state index is 12.7. The summed E-state index contributed by atoms with van der Waals surface area (Å²) in [4.78, 5) is 29.1. The highest BCUT2D eigenvalue weighted by atomic mass is 32.2. The van der Waals surface area contributed by atoms with Gasteiger partial charge in [-0.05, 0) is 36.3 Å². The number of benzene rings is 2. The van der Waals surface area contributed by atoms with E-state index in [1.54, 1.807) is 23.1 Å². The first kappa shape index (κ1) is 20.7. The number of rotatable bonds is 4. The first-order valence-corrected chi connectivity index (χ1v) is 10.8. The first-order chi connectivity index (χ1) is 15.9. The number of amidine groups is 2. The number of nitrogens with zero attached hydrogens (tertiary/aromatic N) is 3. The summed E-state index contributed by atoms with van der Waals surface area (Å²) >= 11 is 1.30. The molecule has 0 bridgehead atoms. The number of carbonyl (C=O) groups excluding carboxylic acids is 1. The van der Waals surface area contributed by atoms with Crippen molar-refractivity contribution >= 4 is 46.1 Å². The van der Waals surface area contributed by atoms with Crippen LogP contribution in [-0.4, -0.2) is 26.7 Å². The predicted molar refractivity (Wildman–Crippen MR) is 128 cm³/mol. The van der Waals surface area contributed by atoms with Crippen LogP contribution in [0.2, 0.25) is 0 Å². The Kier molecular flexibility index (Phi) is 5.02. The van der Waals surface area contributed by atoms with E-state index in [1.165, 1.54) is 30.0 Å². The molecule has 2 aromatic carbocycles. The zero-order chi connectivity index (χ0) is 23.1. The molecule has 33 heavy (non-hydrogen) atoms. The molecule has 0 saturated heterocycles. The molecule has 0 fully saturated rings. The molecule has 3 heterocycles. The highest BCUT2D eigenvalue weighted by Crippen LogP contribution is 2.37. The molecule has 162 valence electrons. The van der Waals surface area contributed by atoms with E-state index < -0.39 is 10.8 Å². The number of carbonyl (C=O) groups is 1. The Bertz CT molecular complexity index is 1420. The summed E-state index contributed by atoms with van der Waals surface area (Å²) in [6.45, 7) is 1.83. The summed E-state index contributed by atoms with van der Waals surface area (Å²) in [7, 11) is 0. The number of hydrogen-bond acceptors (Lipinski definition) is 6. The van der Waals surface area contributed by atoms with Gasteiger partial charge in [0.15, 0.2) is 5.17 Å². The summed E-state index contributed by atoms with van der Waals surface area (Å²) in [6.07, 6.45) is 1.48.